The van der Waals surface area contributed by atoms with Gasteiger partial charge in [-0.3, -0.25) is 5.10 Å². The highest BCUT2D eigenvalue weighted by atomic mass is 32.2. The molecule has 2 aromatic heterocycles. The molecule has 0 saturated carbocycles. The van der Waals surface area contributed by atoms with Crippen LogP contribution in [0.25, 0.3) is 22.8 Å². The summed E-state index contributed by atoms with van der Waals surface area (Å²) in [5.41, 5.74) is 5.31. The van der Waals surface area contributed by atoms with Crippen LogP contribution in [0.5, 0.6) is 0 Å². The van der Waals surface area contributed by atoms with Gasteiger partial charge in [-0.25, -0.2) is 4.68 Å². The van der Waals surface area contributed by atoms with Gasteiger partial charge in [-0.1, -0.05) is 87.1 Å². The number of nitrogens with two attached hydrogens (primary N) is 1. The average Bonchev–Trinajstić information content (AvgIpc) is 3.33. The number of nitrogens with one attached hydrogen (secondary N) is 1. The van der Waals surface area contributed by atoms with Crippen LogP contribution in [0.4, 0.5) is 0 Å². The first-order chi connectivity index (χ1) is 13.9. The highest BCUT2D eigenvalue weighted by molar-refractivity contribution is 7.98. The van der Waals surface area contributed by atoms with E-state index in [2.05, 4.69) is 65.4 Å². The summed E-state index contributed by atoms with van der Waals surface area (Å²) >= 11 is 1.56. The van der Waals surface area contributed by atoms with E-state index in [-0.39, 0.29) is 5.41 Å². The second kappa shape index (κ2) is 7.75. The molecule has 148 valence electrons. The first-order valence-corrected chi connectivity index (χ1v) is 10.4. The Labute approximate surface area is 174 Å². The van der Waals surface area contributed by atoms with E-state index in [9.17, 15) is 0 Å². The zero-order valence-electron chi connectivity index (χ0n) is 16.8. The van der Waals surface area contributed by atoms with Crippen LogP contribution in [0, 0.1) is 0 Å². The van der Waals surface area contributed by atoms with Gasteiger partial charge in [-0.05, 0) is 22.6 Å². The Morgan fingerprint density at radius 2 is 1.72 bits per heavy atom. The number of hydrogen-bond acceptors (Lipinski definition) is 5. The van der Waals surface area contributed by atoms with Crippen molar-refractivity contribution < 1.29 is 0 Å². The number of aromatic amines is 1. The molecule has 0 unspecified atom stereocenters. The van der Waals surface area contributed by atoms with Crippen LogP contribution in [0.3, 0.4) is 0 Å². The van der Waals surface area contributed by atoms with Crippen LogP contribution in [-0.2, 0) is 11.2 Å². The fourth-order valence-corrected chi connectivity index (χ4v) is 3.81. The van der Waals surface area contributed by atoms with E-state index in [0.717, 1.165) is 22.7 Å². The first kappa shape index (κ1) is 19.3. The Bertz CT molecular complexity index is 1090. The Morgan fingerprint density at radius 3 is 2.41 bits per heavy atom. The fourth-order valence-electron chi connectivity index (χ4n) is 3.00. The number of thioether (sulfide) groups is 1. The Hall–Kier alpha value is -3.06. The van der Waals surface area contributed by atoms with Crippen molar-refractivity contribution in [3.05, 3.63) is 71.8 Å². The third-order valence-corrected chi connectivity index (χ3v) is 5.75. The van der Waals surface area contributed by atoms with Gasteiger partial charge < -0.3 is 5.84 Å². The Morgan fingerprint density at radius 1 is 1.00 bits per heavy atom. The third kappa shape index (κ3) is 4.19. The molecule has 2 heterocycles. The van der Waals surface area contributed by atoms with E-state index in [1.807, 2.05) is 36.4 Å². The normalized spacial score (nSPS) is 11.7. The van der Waals surface area contributed by atoms with Gasteiger partial charge >= 0.3 is 0 Å². The maximum atomic E-state index is 6.25. The monoisotopic (exact) mass is 404 g/mol. The Kier molecular flexibility index (Phi) is 5.15. The second-order valence-corrected chi connectivity index (χ2v) is 8.89. The van der Waals surface area contributed by atoms with Crippen LogP contribution >= 0.6 is 11.8 Å². The number of nitrogen functional groups attached to an aromatic ring is 1. The molecule has 0 fully saturated rings. The van der Waals surface area contributed by atoms with Gasteiger partial charge in [-0.2, -0.15) is 5.10 Å². The standard InChI is InChI=1S/C22H24N6S/c1-22(2,3)17-11-9-15(10-12-17)14-29-21-27-26-20(28(21)23)19-13-18(24-25-19)16-7-5-4-6-8-16/h4-13H,14,23H2,1-3H3,(H,24,25). The van der Waals surface area contributed by atoms with Gasteiger partial charge in [0, 0.05) is 11.3 Å². The van der Waals surface area contributed by atoms with E-state index >= 15 is 0 Å². The van der Waals surface area contributed by atoms with Gasteiger partial charge in [0.2, 0.25) is 11.0 Å². The Balaban J connectivity index is 1.47. The van der Waals surface area contributed by atoms with Crippen molar-refractivity contribution in [3.63, 3.8) is 0 Å². The molecule has 6 nitrogen and oxygen atoms in total. The van der Waals surface area contributed by atoms with E-state index in [1.165, 1.54) is 15.8 Å². The lowest BCUT2D eigenvalue weighted by Crippen LogP contribution is -2.12. The topological polar surface area (TPSA) is 85.4 Å². The molecule has 0 aliphatic carbocycles. The minimum atomic E-state index is 0.153. The lowest BCUT2D eigenvalue weighted by Gasteiger charge is -2.19. The largest absolute Gasteiger partial charge is 0.335 e. The van der Waals surface area contributed by atoms with Crippen molar-refractivity contribution in [2.45, 2.75) is 37.1 Å². The SMILES string of the molecule is CC(C)(C)c1ccc(CSc2nnc(-c3cc(-c4ccccc4)n[nH]3)n2N)cc1. The van der Waals surface area contributed by atoms with Crippen molar-refractivity contribution in [2.24, 2.45) is 0 Å². The number of hydrogen-bond donors (Lipinski definition) is 2. The minimum Gasteiger partial charge on any atom is -0.335 e. The maximum absolute atomic E-state index is 6.25. The van der Waals surface area contributed by atoms with Crippen LogP contribution in [-0.4, -0.2) is 25.1 Å². The summed E-state index contributed by atoms with van der Waals surface area (Å²) in [6.07, 6.45) is 0. The van der Waals surface area contributed by atoms with Gasteiger partial charge in [0.25, 0.3) is 0 Å². The first-order valence-electron chi connectivity index (χ1n) is 9.46. The average molecular weight is 405 g/mol. The van der Waals surface area contributed by atoms with Crippen LogP contribution in [0.15, 0.2) is 65.8 Å². The van der Waals surface area contributed by atoms with Crippen molar-refractivity contribution in [3.8, 4) is 22.8 Å². The predicted octanol–water partition coefficient (Wildman–Crippen LogP) is 4.64. The molecule has 4 aromatic rings. The number of nitrogens with zero attached hydrogens (tertiary/aromatic N) is 4. The van der Waals surface area contributed by atoms with Crippen LogP contribution < -0.4 is 5.84 Å². The molecule has 0 atom stereocenters. The molecule has 29 heavy (non-hydrogen) atoms. The quantitative estimate of drug-likeness (QED) is 0.374. The molecular formula is C22H24N6S. The highest BCUT2D eigenvalue weighted by Gasteiger charge is 2.16. The van der Waals surface area contributed by atoms with Gasteiger partial charge in [0.05, 0.1) is 5.69 Å². The zero-order chi connectivity index (χ0) is 20.4. The van der Waals surface area contributed by atoms with Crippen molar-refractivity contribution >= 4 is 11.8 Å². The molecule has 3 N–H and O–H groups in total. The number of benzene rings is 2. The van der Waals surface area contributed by atoms with E-state index < -0.39 is 0 Å². The van der Waals surface area contributed by atoms with E-state index in [4.69, 9.17) is 5.84 Å². The summed E-state index contributed by atoms with van der Waals surface area (Å²) in [6.45, 7) is 6.65. The summed E-state index contributed by atoms with van der Waals surface area (Å²) in [5.74, 6) is 7.59. The molecule has 0 amide bonds. The van der Waals surface area contributed by atoms with Crippen LogP contribution in [0.1, 0.15) is 31.9 Å². The zero-order valence-corrected chi connectivity index (χ0v) is 17.6. The van der Waals surface area contributed by atoms with E-state index in [0.29, 0.717) is 11.0 Å². The lowest BCUT2D eigenvalue weighted by molar-refractivity contribution is 0.590. The summed E-state index contributed by atoms with van der Waals surface area (Å²) in [4.78, 5) is 0. The molecule has 0 bridgehead atoms. The smallest absolute Gasteiger partial charge is 0.210 e. The minimum absolute atomic E-state index is 0.153. The molecule has 2 aromatic carbocycles. The van der Waals surface area contributed by atoms with Crippen molar-refractivity contribution in [1.29, 1.82) is 0 Å². The molecule has 7 heteroatoms. The highest BCUT2D eigenvalue weighted by Crippen LogP contribution is 2.27. The number of aromatic nitrogens is 5. The molecule has 0 radical (unpaired) electrons. The lowest BCUT2D eigenvalue weighted by atomic mass is 9.87. The van der Waals surface area contributed by atoms with Crippen LogP contribution in [0.2, 0.25) is 0 Å². The molecular weight excluding hydrogens is 380 g/mol. The second-order valence-electron chi connectivity index (χ2n) is 7.94. The van der Waals surface area contributed by atoms with Crippen molar-refractivity contribution in [1.82, 2.24) is 25.1 Å². The third-order valence-electron chi connectivity index (χ3n) is 4.74. The number of rotatable bonds is 5. The molecule has 0 saturated heterocycles. The maximum Gasteiger partial charge on any atom is 0.210 e. The summed E-state index contributed by atoms with van der Waals surface area (Å²) in [6, 6.07) is 20.6. The van der Waals surface area contributed by atoms with Gasteiger partial charge in [0.15, 0.2) is 0 Å². The summed E-state index contributed by atoms with van der Waals surface area (Å²) in [5, 5.41) is 16.5. The molecule has 0 aliphatic heterocycles. The van der Waals surface area contributed by atoms with E-state index in [1.54, 1.807) is 11.8 Å². The van der Waals surface area contributed by atoms with Gasteiger partial charge in [0.1, 0.15) is 5.69 Å². The molecule has 4 rings (SSSR count). The number of H-pyrrole nitrogens is 1. The fraction of sp³-hybridized carbons (Fsp3) is 0.227. The molecule has 0 spiro atoms. The predicted molar refractivity (Wildman–Crippen MR) is 118 cm³/mol. The summed E-state index contributed by atoms with van der Waals surface area (Å²) < 4.78 is 1.51. The van der Waals surface area contributed by atoms with Crippen molar-refractivity contribution in [2.75, 3.05) is 5.84 Å². The molecule has 0 aliphatic rings. The summed E-state index contributed by atoms with van der Waals surface area (Å²) in [7, 11) is 0. The van der Waals surface area contributed by atoms with Gasteiger partial charge in [-0.15, -0.1) is 10.2 Å².